The molecule has 3 N–H and O–H groups in total. The Bertz CT molecular complexity index is 1590. The lowest BCUT2D eigenvalue weighted by Crippen LogP contribution is -2.42. The number of unbranched alkanes of at least 4 members (excludes halogenated alkanes) is 4. The molecule has 238 valence electrons. The zero-order valence-corrected chi connectivity index (χ0v) is 25.7. The molecular formula is C37H38N2O7. The predicted octanol–water partition coefficient (Wildman–Crippen LogP) is 6.93. The van der Waals surface area contributed by atoms with E-state index >= 15 is 0 Å². The highest BCUT2D eigenvalue weighted by atomic mass is 16.5. The van der Waals surface area contributed by atoms with E-state index in [-0.39, 0.29) is 17.9 Å². The van der Waals surface area contributed by atoms with Gasteiger partial charge in [-0.25, -0.2) is 9.59 Å². The molecule has 0 aromatic heterocycles. The maximum atomic E-state index is 12.8. The highest BCUT2D eigenvalue weighted by molar-refractivity contribution is 6.04. The number of benzene rings is 4. The number of ether oxygens (including phenoxy) is 2. The van der Waals surface area contributed by atoms with Gasteiger partial charge in [0, 0.05) is 23.2 Å². The highest BCUT2D eigenvalue weighted by Crippen LogP contribution is 2.19. The Kier molecular flexibility index (Phi) is 12.5. The minimum absolute atomic E-state index is 0.0145. The van der Waals surface area contributed by atoms with E-state index in [1.54, 1.807) is 84.9 Å². The van der Waals surface area contributed by atoms with Crippen LogP contribution in [-0.4, -0.2) is 41.5 Å². The van der Waals surface area contributed by atoms with E-state index in [9.17, 15) is 24.3 Å². The number of nitrogens with one attached hydrogen (secondary N) is 2. The molecule has 0 spiro atoms. The molecule has 0 bridgehead atoms. The fourth-order valence-electron chi connectivity index (χ4n) is 4.62. The summed E-state index contributed by atoms with van der Waals surface area (Å²) in [6.07, 6.45) is 5.78. The predicted molar refractivity (Wildman–Crippen MR) is 176 cm³/mol. The van der Waals surface area contributed by atoms with Crippen LogP contribution in [0.4, 0.5) is 5.69 Å². The topological polar surface area (TPSA) is 131 Å². The monoisotopic (exact) mass is 622 g/mol. The molecule has 4 aromatic rings. The fourth-order valence-corrected chi connectivity index (χ4v) is 4.62. The molecule has 1 atom stereocenters. The van der Waals surface area contributed by atoms with Crippen LogP contribution in [0.25, 0.3) is 0 Å². The quantitative estimate of drug-likeness (QED) is 0.0701. The largest absolute Gasteiger partial charge is 0.494 e. The lowest BCUT2D eigenvalue weighted by Gasteiger charge is -2.15. The van der Waals surface area contributed by atoms with E-state index in [4.69, 9.17) is 9.47 Å². The van der Waals surface area contributed by atoms with Gasteiger partial charge in [-0.2, -0.15) is 0 Å². The van der Waals surface area contributed by atoms with Crippen LogP contribution in [-0.2, 0) is 11.2 Å². The molecule has 0 fully saturated rings. The number of anilines is 1. The van der Waals surface area contributed by atoms with Crippen LogP contribution in [0.3, 0.4) is 0 Å². The van der Waals surface area contributed by atoms with E-state index in [1.165, 1.54) is 31.4 Å². The maximum absolute atomic E-state index is 12.8. The van der Waals surface area contributed by atoms with Gasteiger partial charge in [-0.05, 0) is 84.8 Å². The van der Waals surface area contributed by atoms with Crippen molar-refractivity contribution in [3.63, 3.8) is 0 Å². The van der Waals surface area contributed by atoms with Crippen molar-refractivity contribution in [2.24, 2.45) is 0 Å². The number of esters is 1. The molecule has 0 aliphatic carbocycles. The van der Waals surface area contributed by atoms with Gasteiger partial charge in [-0.15, -0.1) is 0 Å². The van der Waals surface area contributed by atoms with Gasteiger partial charge < -0.3 is 25.2 Å². The van der Waals surface area contributed by atoms with Crippen LogP contribution < -0.4 is 20.1 Å². The average Bonchev–Trinajstić information content (AvgIpc) is 3.07. The number of rotatable bonds is 16. The summed E-state index contributed by atoms with van der Waals surface area (Å²) in [7, 11) is 0. The number of amides is 2. The molecule has 2 amide bonds. The van der Waals surface area contributed by atoms with Crippen LogP contribution >= 0.6 is 0 Å². The lowest BCUT2D eigenvalue weighted by molar-refractivity contribution is -0.139. The first kappa shape index (κ1) is 33.5. The van der Waals surface area contributed by atoms with E-state index < -0.39 is 23.9 Å². The second-order valence-corrected chi connectivity index (χ2v) is 10.8. The first-order valence-corrected chi connectivity index (χ1v) is 15.4. The van der Waals surface area contributed by atoms with E-state index in [0.717, 1.165) is 12.8 Å². The second-order valence-electron chi connectivity index (χ2n) is 10.8. The third kappa shape index (κ3) is 10.3. The smallest absolute Gasteiger partial charge is 0.343 e. The number of carbonyl (C=O) groups excluding carboxylic acids is 3. The Morgan fingerprint density at radius 2 is 1.28 bits per heavy atom. The number of hydrogen-bond acceptors (Lipinski definition) is 6. The molecule has 0 heterocycles. The van der Waals surface area contributed by atoms with Gasteiger partial charge in [0.05, 0.1) is 12.2 Å². The minimum Gasteiger partial charge on any atom is -0.494 e. The van der Waals surface area contributed by atoms with Gasteiger partial charge in [-0.3, -0.25) is 9.59 Å². The maximum Gasteiger partial charge on any atom is 0.343 e. The van der Waals surface area contributed by atoms with Crippen molar-refractivity contribution >= 4 is 29.4 Å². The van der Waals surface area contributed by atoms with Gasteiger partial charge in [0.2, 0.25) is 0 Å². The fraction of sp³-hybridized carbons (Fsp3) is 0.243. The molecule has 0 saturated carbocycles. The molecule has 4 aromatic carbocycles. The van der Waals surface area contributed by atoms with Crippen LogP contribution in [0, 0.1) is 0 Å². The first-order valence-electron chi connectivity index (χ1n) is 15.4. The molecule has 9 heteroatoms. The average molecular weight is 623 g/mol. The molecule has 0 radical (unpaired) electrons. The third-order valence-electron chi connectivity index (χ3n) is 7.22. The van der Waals surface area contributed by atoms with E-state index in [0.29, 0.717) is 40.5 Å². The van der Waals surface area contributed by atoms with Crippen molar-refractivity contribution in [2.45, 2.75) is 51.5 Å². The van der Waals surface area contributed by atoms with Gasteiger partial charge in [-0.1, -0.05) is 62.9 Å². The van der Waals surface area contributed by atoms with Crippen LogP contribution in [0.15, 0.2) is 103 Å². The molecule has 9 nitrogen and oxygen atoms in total. The Labute approximate surface area is 268 Å². The summed E-state index contributed by atoms with van der Waals surface area (Å²) >= 11 is 0. The summed E-state index contributed by atoms with van der Waals surface area (Å²) in [5, 5.41) is 15.1. The van der Waals surface area contributed by atoms with Crippen LogP contribution in [0.1, 0.15) is 75.7 Å². The number of carboxylic acid groups (broad SMARTS) is 1. The van der Waals surface area contributed by atoms with Crippen molar-refractivity contribution in [3.8, 4) is 11.5 Å². The summed E-state index contributed by atoms with van der Waals surface area (Å²) in [4.78, 5) is 49.7. The third-order valence-corrected chi connectivity index (χ3v) is 7.22. The number of carbonyl (C=O) groups is 4. The Balaban J connectivity index is 1.26. The van der Waals surface area contributed by atoms with Gasteiger partial charge in [0.1, 0.15) is 17.5 Å². The normalized spacial score (nSPS) is 11.2. The highest BCUT2D eigenvalue weighted by Gasteiger charge is 2.21. The zero-order chi connectivity index (χ0) is 32.7. The molecule has 46 heavy (non-hydrogen) atoms. The van der Waals surface area contributed by atoms with Gasteiger partial charge >= 0.3 is 11.9 Å². The van der Waals surface area contributed by atoms with Gasteiger partial charge in [0.25, 0.3) is 11.8 Å². The summed E-state index contributed by atoms with van der Waals surface area (Å²) in [5.41, 5.74) is 2.24. The van der Waals surface area contributed by atoms with E-state index in [1.807, 2.05) is 6.07 Å². The van der Waals surface area contributed by atoms with Gasteiger partial charge in [0.15, 0.2) is 0 Å². The summed E-state index contributed by atoms with van der Waals surface area (Å²) in [6.45, 7) is 2.82. The van der Waals surface area contributed by atoms with Crippen molar-refractivity contribution < 1.29 is 33.8 Å². The Hall–Kier alpha value is -5.44. The van der Waals surface area contributed by atoms with Crippen LogP contribution in [0.2, 0.25) is 0 Å². The molecule has 1 unspecified atom stereocenters. The van der Waals surface area contributed by atoms with Crippen molar-refractivity contribution in [1.29, 1.82) is 0 Å². The summed E-state index contributed by atoms with van der Waals surface area (Å²) < 4.78 is 11.2. The van der Waals surface area contributed by atoms with Crippen molar-refractivity contribution in [2.75, 3.05) is 11.9 Å². The number of hydrogen-bond donors (Lipinski definition) is 3. The Morgan fingerprint density at radius 3 is 1.93 bits per heavy atom. The number of aliphatic carboxylic acids is 1. The van der Waals surface area contributed by atoms with Crippen molar-refractivity contribution in [3.05, 3.63) is 125 Å². The molecule has 0 aliphatic rings. The molecule has 0 saturated heterocycles. The van der Waals surface area contributed by atoms with E-state index in [2.05, 4.69) is 17.6 Å². The molecule has 0 aliphatic heterocycles. The minimum atomic E-state index is -1.20. The second kappa shape index (κ2) is 17.2. The SMILES string of the molecule is CCCCCCCOc1ccc(C(=O)Oc2ccc(CC(NC(=O)c3ccc(NC(=O)c4ccccc4)cc3)C(=O)O)cc2)cc1. The van der Waals surface area contributed by atoms with Crippen LogP contribution in [0.5, 0.6) is 11.5 Å². The number of carboxylic acids is 1. The molecular weight excluding hydrogens is 584 g/mol. The van der Waals surface area contributed by atoms with Crippen molar-refractivity contribution in [1.82, 2.24) is 5.32 Å². The first-order chi connectivity index (χ1) is 22.3. The molecule has 4 rings (SSSR count). The summed E-state index contributed by atoms with van der Waals surface area (Å²) in [5.74, 6) is -1.58. The standard InChI is InChI=1S/C37H38N2O7/c1-2-3-4-5-9-24-45-31-22-16-29(17-23-31)37(44)46-32-20-12-26(13-21-32)25-33(36(42)43)39-35(41)28-14-18-30(19-15-28)38-34(40)27-10-7-6-8-11-27/h6-8,10-23,33H,2-5,9,24-25H2,1H3,(H,38,40)(H,39,41)(H,42,43). The summed E-state index contributed by atoms with van der Waals surface area (Å²) in [6, 6.07) is 26.9. The lowest BCUT2D eigenvalue weighted by atomic mass is 10.0. The Morgan fingerprint density at radius 1 is 0.674 bits per heavy atom. The zero-order valence-electron chi connectivity index (χ0n) is 25.7.